The maximum absolute atomic E-state index is 13.4. The molecule has 0 atom stereocenters. The van der Waals surface area contributed by atoms with Crippen LogP contribution in [0.4, 0.5) is 0 Å². The Hall–Kier alpha value is -3.60. The first kappa shape index (κ1) is 20.7. The third kappa shape index (κ3) is 3.46. The highest BCUT2D eigenvalue weighted by atomic mass is 16.5. The number of rotatable bonds is 4. The molecule has 2 heterocycles. The molecule has 31 heavy (non-hydrogen) atoms. The molecule has 158 valence electrons. The van der Waals surface area contributed by atoms with Gasteiger partial charge in [-0.1, -0.05) is 36.4 Å². The first-order valence-corrected chi connectivity index (χ1v) is 10.1. The molecule has 0 aliphatic carbocycles. The molecule has 0 spiro atoms. The first-order chi connectivity index (χ1) is 14.8. The molecular weight excluding hydrogens is 392 g/mol. The normalized spacial score (nSPS) is 14.8. The fourth-order valence-electron chi connectivity index (χ4n) is 3.80. The second-order valence-electron chi connectivity index (χ2n) is 8.04. The number of carbonyl (C=O) groups is 1. The summed E-state index contributed by atoms with van der Waals surface area (Å²) < 4.78 is 17.7. The van der Waals surface area contributed by atoms with Crippen molar-refractivity contribution < 1.29 is 18.7 Å². The van der Waals surface area contributed by atoms with Gasteiger partial charge in [0.1, 0.15) is 22.7 Å². The fourth-order valence-corrected chi connectivity index (χ4v) is 3.80. The summed E-state index contributed by atoms with van der Waals surface area (Å²) in [6.07, 6.45) is 5.54. The van der Waals surface area contributed by atoms with Crippen molar-refractivity contribution in [3.63, 3.8) is 0 Å². The van der Waals surface area contributed by atoms with Crippen LogP contribution in [0, 0.1) is 0 Å². The lowest BCUT2D eigenvalue weighted by Crippen LogP contribution is -2.28. The van der Waals surface area contributed by atoms with Crippen molar-refractivity contribution in [3.05, 3.63) is 75.7 Å². The molecule has 1 aliphatic rings. The van der Waals surface area contributed by atoms with Gasteiger partial charge < -0.3 is 13.9 Å². The van der Waals surface area contributed by atoms with Crippen LogP contribution >= 0.6 is 0 Å². The molecule has 4 rings (SSSR count). The van der Waals surface area contributed by atoms with Gasteiger partial charge in [-0.15, -0.1) is 0 Å². The van der Waals surface area contributed by atoms with Crippen LogP contribution in [0.15, 0.2) is 63.3 Å². The zero-order chi connectivity index (χ0) is 22.3. The van der Waals surface area contributed by atoms with Crippen LogP contribution in [0.3, 0.4) is 0 Å². The summed E-state index contributed by atoms with van der Waals surface area (Å²) in [5.41, 5.74) is 1.88. The van der Waals surface area contributed by atoms with Crippen molar-refractivity contribution in [1.82, 2.24) is 0 Å². The molecule has 0 unspecified atom stereocenters. The van der Waals surface area contributed by atoms with Crippen molar-refractivity contribution in [3.8, 4) is 22.6 Å². The van der Waals surface area contributed by atoms with Gasteiger partial charge in [-0.2, -0.15) is 0 Å². The summed E-state index contributed by atoms with van der Waals surface area (Å²) in [4.78, 5) is 26.0. The Bertz CT molecular complexity index is 1310. The number of fused-ring (bicyclic) bond motifs is 3. The maximum atomic E-state index is 13.4. The Balaban J connectivity index is 2.25. The number of Topliss-reactive ketones (excluding diaryl/α,β-unsaturated/α-hetero) is 1. The summed E-state index contributed by atoms with van der Waals surface area (Å²) >= 11 is 0. The van der Waals surface area contributed by atoms with Crippen molar-refractivity contribution in [2.24, 2.45) is 0 Å². The third-order valence-corrected chi connectivity index (χ3v) is 5.46. The zero-order valence-corrected chi connectivity index (χ0v) is 18.2. The van der Waals surface area contributed by atoms with Gasteiger partial charge in [0.2, 0.25) is 0 Å². The van der Waals surface area contributed by atoms with Gasteiger partial charge >= 0.3 is 5.63 Å². The van der Waals surface area contributed by atoms with E-state index in [2.05, 4.69) is 0 Å². The smallest absolute Gasteiger partial charge is 0.336 e. The van der Waals surface area contributed by atoms with Crippen LogP contribution in [0.5, 0.6) is 11.5 Å². The summed E-state index contributed by atoms with van der Waals surface area (Å²) in [7, 11) is 1.50. The number of ether oxygens (including phenoxy) is 2. The zero-order valence-electron chi connectivity index (χ0n) is 18.2. The van der Waals surface area contributed by atoms with Crippen molar-refractivity contribution in [2.45, 2.75) is 33.3 Å². The topological polar surface area (TPSA) is 65.7 Å². The van der Waals surface area contributed by atoms with Crippen molar-refractivity contribution in [2.75, 3.05) is 7.11 Å². The van der Waals surface area contributed by atoms with E-state index in [1.807, 2.05) is 56.3 Å². The largest absolute Gasteiger partial charge is 0.495 e. The Kier molecular flexibility index (Phi) is 5.05. The van der Waals surface area contributed by atoms with E-state index in [1.165, 1.54) is 13.2 Å². The molecular formula is C26H24O5. The number of ketones is 1. The van der Waals surface area contributed by atoms with E-state index in [1.54, 1.807) is 19.9 Å². The van der Waals surface area contributed by atoms with Gasteiger partial charge in [-0.3, -0.25) is 4.79 Å². The minimum absolute atomic E-state index is 0.166. The van der Waals surface area contributed by atoms with Crippen LogP contribution in [0.25, 0.3) is 28.2 Å². The van der Waals surface area contributed by atoms with E-state index in [0.29, 0.717) is 33.6 Å². The molecule has 3 aromatic rings. The monoisotopic (exact) mass is 416 g/mol. The van der Waals surface area contributed by atoms with Crippen molar-refractivity contribution >= 4 is 22.8 Å². The highest BCUT2D eigenvalue weighted by molar-refractivity contribution is 6.20. The number of benzene rings is 2. The number of carbonyl (C=O) groups excluding carboxylic acids is 1. The van der Waals surface area contributed by atoms with Crippen LogP contribution in [0.1, 0.15) is 43.6 Å². The Labute approximate surface area is 180 Å². The molecule has 0 radical (unpaired) electrons. The van der Waals surface area contributed by atoms with Crippen LogP contribution in [0.2, 0.25) is 0 Å². The van der Waals surface area contributed by atoms with E-state index in [9.17, 15) is 9.59 Å². The van der Waals surface area contributed by atoms with Gasteiger partial charge in [0.25, 0.3) is 0 Å². The third-order valence-electron chi connectivity index (χ3n) is 5.46. The predicted molar refractivity (Wildman–Crippen MR) is 122 cm³/mol. The molecule has 1 aromatic heterocycles. The Morgan fingerprint density at radius 2 is 1.87 bits per heavy atom. The highest BCUT2D eigenvalue weighted by Crippen LogP contribution is 2.48. The van der Waals surface area contributed by atoms with E-state index in [-0.39, 0.29) is 16.9 Å². The SMILES string of the molecule is C/C=C(\C)C(=O)c1c(OC)c2c(c3c(-c4ccccc4)cc(=O)oc13)OC(C)(C)C=C2. The average molecular weight is 416 g/mol. The van der Waals surface area contributed by atoms with Crippen LogP contribution < -0.4 is 15.1 Å². The number of allylic oxidation sites excluding steroid dienone is 2. The van der Waals surface area contributed by atoms with Crippen LogP contribution in [-0.2, 0) is 0 Å². The molecule has 0 amide bonds. The Morgan fingerprint density at radius 3 is 2.52 bits per heavy atom. The first-order valence-electron chi connectivity index (χ1n) is 10.1. The minimum Gasteiger partial charge on any atom is -0.495 e. The Morgan fingerprint density at radius 1 is 1.16 bits per heavy atom. The summed E-state index contributed by atoms with van der Waals surface area (Å²) in [5.74, 6) is 0.587. The molecule has 0 fully saturated rings. The quantitative estimate of drug-likeness (QED) is 0.305. The molecule has 0 N–H and O–H groups in total. The standard InChI is InChI=1S/C26H24O5/c1-6-15(2)22(28)21-23(29-5)17-12-13-26(3,4)31-24(17)20-18(14-19(27)30-25(20)21)16-10-8-7-9-11-16/h6-14H,1-5H3/b15-6+. The van der Waals surface area contributed by atoms with Crippen LogP contribution in [-0.4, -0.2) is 18.5 Å². The van der Waals surface area contributed by atoms with Gasteiger partial charge in [0, 0.05) is 11.6 Å². The predicted octanol–water partition coefficient (Wildman–Crippen LogP) is 5.80. The summed E-state index contributed by atoms with van der Waals surface area (Å²) in [6.45, 7) is 7.39. The number of hydrogen-bond acceptors (Lipinski definition) is 5. The molecule has 1 aliphatic heterocycles. The molecule has 0 bridgehead atoms. The lowest BCUT2D eigenvalue weighted by atomic mass is 9.90. The van der Waals surface area contributed by atoms with E-state index < -0.39 is 11.2 Å². The molecule has 5 nitrogen and oxygen atoms in total. The molecule has 0 saturated carbocycles. The fraction of sp³-hybridized carbons (Fsp3) is 0.231. The average Bonchev–Trinajstić information content (AvgIpc) is 2.76. The second kappa shape index (κ2) is 7.58. The van der Waals surface area contributed by atoms with E-state index in [0.717, 1.165) is 5.56 Å². The van der Waals surface area contributed by atoms with Crippen molar-refractivity contribution in [1.29, 1.82) is 0 Å². The molecule has 2 aromatic carbocycles. The minimum atomic E-state index is -0.584. The van der Waals surface area contributed by atoms with Gasteiger partial charge in [0.05, 0.1) is 18.1 Å². The second-order valence-corrected chi connectivity index (χ2v) is 8.04. The van der Waals surface area contributed by atoms with Gasteiger partial charge in [-0.25, -0.2) is 4.79 Å². The number of methoxy groups -OCH3 is 1. The van der Waals surface area contributed by atoms with E-state index in [4.69, 9.17) is 13.9 Å². The lowest BCUT2D eigenvalue weighted by molar-refractivity contribution is 0.103. The van der Waals surface area contributed by atoms with Gasteiger partial charge in [0.15, 0.2) is 11.4 Å². The highest BCUT2D eigenvalue weighted by Gasteiger charge is 2.33. The molecule has 0 saturated heterocycles. The maximum Gasteiger partial charge on any atom is 0.336 e. The van der Waals surface area contributed by atoms with Gasteiger partial charge in [-0.05, 0) is 51.0 Å². The summed E-state index contributed by atoms with van der Waals surface area (Å²) in [6, 6.07) is 11.0. The number of hydrogen-bond donors (Lipinski definition) is 0. The summed E-state index contributed by atoms with van der Waals surface area (Å²) in [5, 5.41) is 0.575. The lowest BCUT2D eigenvalue weighted by Gasteiger charge is -2.30. The molecule has 5 heteroatoms. The van der Waals surface area contributed by atoms with E-state index >= 15 is 0 Å².